The Balaban J connectivity index is 0.00000400. The van der Waals surface area contributed by atoms with Crippen molar-refractivity contribution in [2.24, 2.45) is 0 Å². The molecule has 0 spiro atoms. The Morgan fingerprint density at radius 1 is 1.24 bits per heavy atom. The van der Waals surface area contributed by atoms with Crippen LogP contribution in [0.5, 0.6) is 0 Å². The van der Waals surface area contributed by atoms with Gasteiger partial charge in [-0.15, -0.1) is 12.4 Å². The highest BCUT2D eigenvalue weighted by atomic mass is 35.5. The summed E-state index contributed by atoms with van der Waals surface area (Å²) in [6.45, 7) is 3.94. The van der Waals surface area contributed by atoms with Gasteiger partial charge in [0.1, 0.15) is 0 Å². The minimum Gasteiger partial charge on any atom is -0.326 e. The van der Waals surface area contributed by atoms with Gasteiger partial charge in [0.05, 0.1) is 4.90 Å². The molecule has 0 bridgehead atoms. The van der Waals surface area contributed by atoms with E-state index in [-0.39, 0.29) is 29.3 Å². The highest BCUT2D eigenvalue weighted by Gasteiger charge is 2.14. The van der Waals surface area contributed by atoms with Crippen molar-refractivity contribution in [3.05, 3.63) is 24.3 Å². The largest absolute Gasteiger partial charge is 0.326 e. The van der Waals surface area contributed by atoms with Gasteiger partial charge in [0, 0.05) is 24.7 Å². The molecule has 6 nitrogen and oxygen atoms in total. The molecule has 0 saturated carbocycles. The number of likely N-dealkylation sites (N-methyl/N-ethyl adjacent to an activating group) is 1. The molecule has 1 amide bonds. The molecule has 0 aliphatic rings. The number of benzene rings is 1. The molecule has 1 aromatic carbocycles. The van der Waals surface area contributed by atoms with Crippen molar-refractivity contribution < 1.29 is 13.2 Å². The fourth-order valence-electron chi connectivity index (χ4n) is 1.39. The molecule has 0 aliphatic carbocycles. The van der Waals surface area contributed by atoms with Gasteiger partial charge in [0.15, 0.2) is 0 Å². The molecular weight excluding hydrogens is 314 g/mol. The lowest BCUT2D eigenvalue weighted by Gasteiger charge is -2.12. The van der Waals surface area contributed by atoms with Crippen LogP contribution in [0.4, 0.5) is 5.69 Å². The normalized spacial score (nSPS) is 12.3. The Morgan fingerprint density at radius 3 is 2.29 bits per heavy atom. The van der Waals surface area contributed by atoms with E-state index in [2.05, 4.69) is 15.4 Å². The van der Waals surface area contributed by atoms with Crippen molar-refractivity contribution in [2.75, 3.05) is 18.9 Å². The number of anilines is 1. The van der Waals surface area contributed by atoms with E-state index in [9.17, 15) is 13.2 Å². The third-order valence-electron chi connectivity index (χ3n) is 2.84. The molecule has 0 heterocycles. The molecule has 1 aromatic rings. The van der Waals surface area contributed by atoms with E-state index in [0.717, 1.165) is 0 Å². The summed E-state index contributed by atoms with van der Waals surface area (Å²) in [5, 5.41) is 5.62. The summed E-state index contributed by atoms with van der Waals surface area (Å²) in [6, 6.07) is 6.13. The molecule has 0 aromatic heterocycles. The number of sulfonamides is 1. The summed E-state index contributed by atoms with van der Waals surface area (Å²) < 4.78 is 26.6. The topological polar surface area (TPSA) is 87.3 Å². The molecule has 8 heteroatoms. The summed E-state index contributed by atoms with van der Waals surface area (Å²) in [7, 11) is -1.75. The molecule has 1 atom stereocenters. The predicted molar refractivity (Wildman–Crippen MR) is 86.3 cm³/mol. The second-order valence-corrected chi connectivity index (χ2v) is 6.23. The van der Waals surface area contributed by atoms with Crippen LogP contribution < -0.4 is 15.4 Å². The van der Waals surface area contributed by atoms with Gasteiger partial charge in [-0.1, -0.05) is 6.92 Å². The standard InChI is InChI=1S/C13H21N3O3S.ClH/c1-4-13(17)16-11-5-7-12(8-6-11)20(18,19)15-9-10(2)14-3;/h5-8,10,14-15H,4,9H2,1-3H3,(H,16,17);1H. The minimum absolute atomic E-state index is 0. The van der Waals surface area contributed by atoms with Gasteiger partial charge in [-0.3, -0.25) is 4.79 Å². The van der Waals surface area contributed by atoms with E-state index in [1.54, 1.807) is 26.1 Å². The van der Waals surface area contributed by atoms with Crippen LogP contribution in [-0.2, 0) is 14.8 Å². The molecular formula is C13H22ClN3O3S. The van der Waals surface area contributed by atoms with Crippen molar-refractivity contribution >= 4 is 34.0 Å². The Morgan fingerprint density at radius 2 is 1.81 bits per heavy atom. The van der Waals surface area contributed by atoms with Gasteiger partial charge in [0.25, 0.3) is 0 Å². The number of amides is 1. The number of nitrogens with one attached hydrogen (secondary N) is 3. The first kappa shape index (κ1) is 19.9. The van der Waals surface area contributed by atoms with Crippen molar-refractivity contribution in [1.29, 1.82) is 0 Å². The molecule has 1 rings (SSSR count). The number of halogens is 1. The van der Waals surface area contributed by atoms with Crippen molar-refractivity contribution in [1.82, 2.24) is 10.0 Å². The van der Waals surface area contributed by atoms with E-state index in [1.807, 2.05) is 6.92 Å². The average Bonchev–Trinajstić information content (AvgIpc) is 2.45. The monoisotopic (exact) mass is 335 g/mol. The Hall–Kier alpha value is -1.15. The molecule has 120 valence electrons. The molecule has 0 fully saturated rings. The summed E-state index contributed by atoms with van der Waals surface area (Å²) >= 11 is 0. The van der Waals surface area contributed by atoms with Crippen LogP contribution in [0.25, 0.3) is 0 Å². The quantitative estimate of drug-likeness (QED) is 0.701. The van der Waals surface area contributed by atoms with Crippen LogP contribution in [0.2, 0.25) is 0 Å². The molecule has 0 aliphatic heterocycles. The molecule has 1 unspecified atom stereocenters. The summed E-state index contributed by atoms with van der Waals surface area (Å²) in [5.41, 5.74) is 0.583. The van der Waals surface area contributed by atoms with Crippen LogP contribution in [0.1, 0.15) is 20.3 Å². The zero-order valence-corrected chi connectivity index (χ0v) is 14.0. The van der Waals surface area contributed by atoms with Crippen LogP contribution in [0, 0.1) is 0 Å². The van der Waals surface area contributed by atoms with E-state index in [0.29, 0.717) is 18.7 Å². The Bertz CT molecular complexity index is 546. The van der Waals surface area contributed by atoms with Gasteiger partial charge in [-0.2, -0.15) is 0 Å². The zero-order chi connectivity index (χ0) is 15.2. The van der Waals surface area contributed by atoms with Crippen molar-refractivity contribution in [3.63, 3.8) is 0 Å². The first-order valence-corrected chi connectivity index (χ1v) is 7.94. The highest BCUT2D eigenvalue weighted by Crippen LogP contribution is 2.14. The summed E-state index contributed by atoms with van der Waals surface area (Å²) in [6.07, 6.45) is 0.378. The fourth-order valence-corrected chi connectivity index (χ4v) is 2.52. The minimum atomic E-state index is -3.52. The fraction of sp³-hybridized carbons (Fsp3) is 0.462. The first-order chi connectivity index (χ1) is 9.39. The lowest BCUT2D eigenvalue weighted by molar-refractivity contribution is -0.115. The van der Waals surface area contributed by atoms with Gasteiger partial charge < -0.3 is 10.6 Å². The third kappa shape index (κ3) is 6.43. The predicted octanol–water partition coefficient (Wildman–Crippen LogP) is 1.34. The highest BCUT2D eigenvalue weighted by molar-refractivity contribution is 7.89. The van der Waals surface area contributed by atoms with E-state index < -0.39 is 10.0 Å². The lowest BCUT2D eigenvalue weighted by Crippen LogP contribution is -2.37. The Kier molecular flexibility index (Phi) is 8.50. The maximum Gasteiger partial charge on any atom is 0.240 e. The zero-order valence-electron chi connectivity index (χ0n) is 12.3. The van der Waals surface area contributed by atoms with Crippen molar-refractivity contribution in [2.45, 2.75) is 31.2 Å². The van der Waals surface area contributed by atoms with E-state index in [4.69, 9.17) is 0 Å². The average molecular weight is 336 g/mol. The van der Waals surface area contributed by atoms with Crippen LogP contribution in [0.15, 0.2) is 29.2 Å². The maximum atomic E-state index is 12.0. The molecule has 0 saturated heterocycles. The van der Waals surface area contributed by atoms with Crippen molar-refractivity contribution in [3.8, 4) is 0 Å². The van der Waals surface area contributed by atoms with Crippen LogP contribution in [-0.4, -0.2) is 34.0 Å². The second kappa shape index (κ2) is 8.99. The molecule has 0 radical (unpaired) electrons. The van der Waals surface area contributed by atoms with Gasteiger partial charge in [0.2, 0.25) is 15.9 Å². The Labute approximate surface area is 132 Å². The number of rotatable bonds is 7. The third-order valence-corrected chi connectivity index (χ3v) is 4.28. The molecule has 21 heavy (non-hydrogen) atoms. The summed E-state index contributed by atoms with van der Waals surface area (Å²) in [5.74, 6) is -0.110. The number of carbonyl (C=O) groups excluding carboxylic acids is 1. The molecule has 3 N–H and O–H groups in total. The van der Waals surface area contributed by atoms with Crippen LogP contribution >= 0.6 is 12.4 Å². The summed E-state index contributed by atoms with van der Waals surface area (Å²) in [4.78, 5) is 11.4. The first-order valence-electron chi connectivity index (χ1n) is 6.46. The second-order valence-electron chi connectivity index (χ2n) is 4.47. The van der Waals surface area contributed by atoms with Gasteiger partial charge in [-0.05, 0) is 38.2 Å². The van der Waals surface area contributed by atoms with Gasteiger partial charge in [-0.25, -0.2) is 13.1 Å². The van der Waals surface area contributed by atoms with E-state index >= 15 is 0 Å². The number of carbonyl (C=O) groups is 1. The number of hydrogen-bond donors (Lipinski definition) is 3. The maximum absolute atomic E-state index is 12.0. The SMILES string of the molecule is CCC(=O)Nc1ccc(S(=O)(=O)NCC(C)NC)cc1.Cl. The lowest BCUT2D eigenvalue weighted by atomic mass is 10.3. The van der Waals surface area contributed by atoms with Gasteiger partial charge >= 0.3 is 0 Å². The van der Waals surface area contributed by atoms with E-state index in [1.165, 1.54) is 12.1 Å². The number of hydrogen-bond acceptors (Lipinski definition) is 4. The smallest absolute Gasteiger partial charge is 0.240 e. The van der Waals surface area contributed by atoms with Crippen LogP contribution in [0.3, 0.4) is 0 Å².